The molecule has 24 heavy (non-hydrogen) atoms. The van der Waals surface area contributed by atoms with Gasteiger partial charge in [0.05, 0.1) is 17.4 Å². The molecule has 0 radical (unpaired) electrons. The van der Waals surface area contributed by atoms with E-state index in [2.05, 4.69) is 32.1 Å². The monoisotopic (exact) mass is 325 g/mol. The summed E-state index contributed by atoms with van der Waals surface area (Å²) in [5.41, 5.74) is 3.39. The molecule has 1 aromatic heterocycles. The lowest BCUT2D eigenvalue weighted by atomic mass is 10.1. The third-order valence-electron chi connectivity index (χ3n) is 3.59. The number of fused-ring (bicyclic) bond motifs is 1. The molecule has 6 heteroatoms. The maximum Gasteiger partial charge on any atom is 0.150 e. The van der Waals surface area contributed by atoms with E-state index in [4.69, 9.17) is 0 Å². The number of Topliss-reactive ketones (excluding diaryl/α,β-unsaturated/α-hetero) is 1. The molecule has 6 nitrogen and oxygen atoms in total. The first-order chi connectivity index (χ1) is 11.5. The normalized spacial score (nSPS) is 12.5. The lowest BCUT2D eigenvalue weighted by Crippen LogP contribution is -2.14. The van der Waals surface area contributed by atoms with Gasteiger partial charge >= 0.3 is 0 Å². The summed E-state index contributed by atoms with van der Waals surface area (Å²) in [4.78, 5) is 19.7. The minimum Gasteiger partial charge on any atom is -0.339 e. The van der Waals surface area contributed by atoms with E-state index < -0.39 is 0 Å². The molecular weight excluding hydrogens is 302 g/mol. The molecule has 0 saturated heterocycles. The van der Waals surface area contributed by atoms with Gasteiger partial charge in [-0.05, 0) is 44.9 Å². The van der Waals surface area contributed by atoms with Crippen molar-refractivity contribution >= 4 is 33.9 Å². The molecule has 0 atom stereocenters. The number of amidine groups is 1. The number of hydrogen-bond donors (Lipinski definition) is 2. The van der Waals surface area contributed by atoms with Gasteiger partial charge in [0, 0.05) is 30.3 Å². The molecule has 0 aliphatic rings. The fourth-order valence-corrected chi connectivity index (χ4v) is 2.35. The Morgan fingerprint density at radius 3 is 2.83 bits per heavy atom. The summed E-state index contributed by atoms with van der Waals surface area (Å²) in [6.07, 6.45) is 3.93. The van der Waals surface area contributed by atoms with E-state index in [1.165, 1.54) is 0 Å². The van der Waals surface area contributed by atoms with Crippen LogP contribution in [-0.4, -0.2) is 34.6 Å². The molecule has 126 valence electrons. The number of aliphatic imine (C=N–C) groups is 2. The van der Waals surface area contributed by atoms with Gasteiger partial charge in [0.25, 0.3) is 0 Å². The van der Waals surface area contributed by atoms with Crippen LogP contribution >= 0.6 is 0 Å². The second-order valence-corrected chi connectivity index (χ2v) is 5.72. The average Bonchev–Trinajstić information content (AvgIpc) is 2.99. The minimum atomic E-state index is 0.203. The Hall–Kier alpha value is -2.76. The van der Waals surface area contributed by atoms with Gasteiger partial charge in [0.2, 0.25) is 0 Å². The van der Waals surface area contributed by atoms with E-state index >= 15 is 0 Å². The number of ketones is 1. The summed E-state index contributed by atoms with van der Waals surface area (Å²) in [6, 6.07) is 5.89. The first-order valence-electron chi connectivity index (χ1n) is 7.89. The zero-order valence-electron chi connectivity index (χ0n) is 14.4. The predicted octanol–water partition coefficient (Wildman–Crippen LogP) is 3.74. The number of hydrogen-bond acceptors (Lipinski definition) is 4. The quantitative estimate of drug-likeness (QED) is 0.601. The fourth-order valence-electron chi connectivity index (χ4n) is 2.35. The van der Waals surface area contributed by atoms with E-state index in [-0.39, 0.29) is 5.78 Å². The van der Waals surface area contributed by atoms with Crippen LogP contribution < -0.4 is 5.32 Å². The number of benzene rings is 1. The molecule has 2 rings (SSSR count). The summed E-state index contributed by atoms with van der Waals surface area (Å²) >= 11 is 0. The Balaban J connectivity index is 2.01. The molecule has 0 aliphatic heterocycles. The first-order valence-corrected chi connectivity index (χ1v) is 7.89. The van der Waals surface area contributed by atoms with Gasteiger partial charge in [-0.1, -0.05) is 6.58 Å². The number of carbonyl (C=O) groups is 1. The van der Waals surface area contributed by atoms with Crippen molar-refractivity contribution in [2.75, 3.05) is 12.4 Å². The van der Waals surface area contributed by atoms with Crippen LogP contribution in [0.25, 0.3) is 10.9 Å². The third kappa shape index (κ3) is 4.87. The molecule has 1 aromatic carbocycles. The molecule has 0 saturated carbocycles. The van der Waals surface area contributed by atoms with E-state index in [1.54, 1.807) is 20.2 Å². The highest BCUT2D eigenvalue weighted by Crippen LogP contribution is 2.17. The zero-order valence-corrected chi connectivity index (χ0v) is 14.4. The Bertz CT molecular complexity index is 801. The number of aromatic nitrogens is 2. The maximum atomic E-state index is 11.0. The van der Waals surface area contributed by atoms with Crippen LogP contribution in [0, 0.1) is 0 Å². The second kappa shape index (κ2) is 8.19. The Labute approximate surface area is 141 Å². The van der Waals surface area contributed by atoms with Gasteiger partial charge in [-0.2, -0.15) is 5.10 Å². The highest BCUT2D eigenvalue weighted by Gasteiger charge is 2.06. The molecule has 2 N–H and O–H groups in total. The summed E-state index contributed by atoms with van der Waals surface area (Å²) < 4.78 is 0. The predicted molar refractivity (Wildman–Crippen MR) is 99.9 cm³/mol. The van der Waals surface area contributed by atoms with Gasteiger partial charge in [0.15, 0.2) is 5.84 Å². The molecule has 1 heterocycles. The Kier molecular flexibility index (Phi) is 6.01. The summed E-state index contributed by atoms with van der Waals surface area (Å²) in [7, 11) is 1.70. The van der Waals surface area contributed by atoms with Crippen molar-refractivity contribution in [3.63, 3.8) is 0 Å². The van der Waals surface area contributed by atoms with E-state index in [1.807, 2.05) is 25.1 Å². The lowest BCUT2D eigenvalue weighted by molar-refractivity contribution is -0.117. The highest BCUT2D eigenvalue weighted by molar-refractivity contribution is 6.09. The first kappa shape index (κ1) is 17.6. The van der Waals surface area contributed by atoms with Gasteiger partial charge in [-0.3, -0.25) is 15.1 Å². The molecule has 0 aliphatic carbocycles. The van der Waals surface area contributed by atoms with Crippen molar-refractivity contribution in [3.8, 4) is 0 Å². The fraction of sp³-hybridized carbons (Fsp3) is 0.333. The summed E-state index contributed by atoms with van der Waals surface area (Å²) in [6.45, 7) is 7.54. The van der Waals surface area contributed by atoms with Crippen molar-refractivity contribution in [3.05, 3.63) is 36.7 Å². The molecule has 0 bridgehead atoms. The van der Waals surface area contributed by atoms with Crippen LogP contribution in [-0.2, 0) is 4.79 Å². The number of H-pyrrole nitrogens is 1. The van der Waals surface area contributed by atoms with Crippen LogP contribution in [0.4, 0.5) is 5.69 Å². The van der Waals surface area contributed by atoms with Gasteiger partial charge in [0.1, 0.15) is 5.78 Å². The Morgan fingerprint density at radius 1 is 1.33 bits per heavy atom. The smallest absolute Gasteiger partial charge is 0.150 e. The summed E-state index contributed by atoms with van der Waals surface area (Å²) in [5.74, 6) is 0.817. The number of aromatic amines is 1. The topological polar surface area (TPSA) is 82.5 Å². The van der Waals surface area contributed by atoms with Crippen LogP contribution in [0.2, 0.25) is 0 Å². The molecule has 0 unspecified atom stereocenters. The molecule has 2 aromatic rings. The molecule has 0 fully saturated rings. The van der Waals surface area contributed by atoms with Crippen molar-refractivity contribution < 1.29 is 4.79 Å². The molecule has 0 amide bonds. The number of anilines is 1. The van der Waals surface area contributed by atoms with Crippen molar-refractivity contribution in [1.29, 1.82) is 0 Å². The standard InChI is InChI=1S/C18H23N5O/c1-12(6-5-7-13(2)24)21-14(3)18(19-4)22-16-8-9-17-15(10-16)11-20-23-17/h8-11H,3,5-7H2,1-2,4H3,(H,19,22)(H,20,23). The summed E-state index contributed by atoms with van der Waals surface area (Å²) in [5, 5.41) is 11.2. The number of nitrogens with zero attached hydrogens (tertiary/aromatic N) is 3. The van der Waals surface area contributed by atoms with E-state index in [0.717, 1.165) is 35.1 Å². The molecular formula is C18H23N5O. The Morgan fingerprint density at radius 2 is 2.12 bits per heavy atom. The zero-order chi connectivity index (χ0) is 17.5. The second-order valence-electron chi connectivity index (χ2n) is 5.72. The average molecular weight is 325 g/mol. The van der Waals surface area contributed by atoms with Crippen LogP contribution in [0.15, 0.2) is 46.7 Å². The van der Waals surface area contributed by atoms with E-state index in [9.17, 15) is 4.79 Å². The largest absolute Gasteiger partial charge is 0.339 e. The third-order valence-corrected chi connectivity index (χ3v) is 3.59. The van der Waals surface area contributed by atoms with Crippen LogP contribution in [0.5, 0.6) is 0 Å². The number of nitrogens with one attached hydrogen (secondary N) is 2. The minimum absolute atomic E-state index is 0.203. The SMILES string of the molecule is C=C(N=C(C)CCCC(C)=O)C(=NC)Nc1ccc2[nH]ncc2c1. The van der Waals surface area contributed by atoms with Gasteiger partial charge < -0.3 is 10.1 Å². The highest BCUT2D eigenvalue weighted by atomic mass is 16.1. The van der Waals surface area contributed by atoms with Crippen LogP contribution in [0.3, 0.4) is 0 Å². The van der Waals surface area contributed by atoms with E-state index in [0.29, 0.717) is 18.0 Å². The number of rotatable bonds is 7. The molecule has 0 spiro atoms. The number of carbonyl (C=O) groups excluding carboxylic acids is 1. The van der Waals surface area contributed by atoms with Gasteiger partial charge in [-0.25, -0.2) is 0 Å². The lowest BCUT2D eigenvalue weighted by Gasteiger charge is -2.10. The van der Waals surface area contributed by atoms with Crippen LogP contribution in [0.1, 0.15) is 33.1 Å². The van der Waals surface area contributed by atoms with Crippen molar-refractivity contribution in [2.45, 2.75) is 33.1 Å². The maximum absolute atomic E-state index is 11.0. The van der Waals surface area contributed by atoms with Crippen molar-refractivity contribution in [2.24, 2.45) is 9.98 Å². The van der Waals surface area contributed by atoms with Crippen molar-refractivity contribution in [1.82, 2.24) is 10.2 Å². The van der Waals surface area contributed by atoms with Gasteiger partial charge in [-0.15, -0.1) is 0 Å².